The zero-order chi connectivity index (χ0) is 23.7. The van der Waals surface area contributed by atoms with Crippen molar-refractivity contribution in [1.29, 1.82) is 0 Å². The first kappa shape index (κ1) is 24.9. The van der Waals surface area contributed by atoms with Crippen LogP contribution in [0, 0.1) is 0 Å². The van der Waals surface area contributed by atoms with Crippen molar-refractivity contribution in [2.45, 2.75) is 38.8 Å². The van der Waals surface area contributed by atoms with Gasteiger partial charge in [0.05, 0.1) is 12.2 Å². The summed E-state index contributed by atoms with van der Waals surface area (Å²) in [5.74, 6) is -0.614. The van der Waals surface area contributed by atoms with E-state index in [1.165, 1.54) is 12.1 Å². The van der Waals surface area contributed by atoms with Crippen molar-refractivity contribution in [1.82, 2.24) is 0 Å². The number of aliphatic hydroxyl groups excluding tert-OH is 1. The number of carbonyl (C=O) groups is 1. The van der Waals surface area contributed by atoms with Crippen LogP contribution in [0.2, 0.25) is 0 Å². The van der Waals surface area contributed by atoms with Gasteiger partial charge in [-0.15, -0.1) is 19.7 Å². The molecule has 0 amide bonds. The first-order valence-corrected chi connectivity index (χ1v) is 10.2. The Balaban J connectivity index is 0.000000227. The van der Waals surface area contributed by atoms with Gasteiger partial charge in [0.25, 0.3) is 0 Å². The molecule has 170 valence electrons. The molecule has 0 fully saturated rings. The number of hydrogen-bond acceptors (Lipinski definition) is 6. The number of ether oxygens (including phenoxy) is 3. The predicted octanol–water partition coefficient (Wildman–Crippen LogP) is 5.01. The molecule has 0 radical (unpaired) electrons. The normalized spacial score (nSPS) is 14.5. The summed E-state index contributed by atoms with van der Waals surface area (Å²) in [6, 6.07) is 10.6. The Morgan fingerprint density at radius 3 is 2.28 bits per heavy atom. The molecule has 0 saturated carbocycles. The van der Waals surface area contributed by atoms with Gasteiger partial charge in [0.1, 0.15) is 17.1 Å². The average Bonchev–Trinajstić information content (AvgIpc) is 2.72. The number of allylic oxidation sites excluding steroid dienone is 2. The standard InChI is InChI=1S/C13H14O3.C13H16O3/c1-4-6-9-7-5-8-10-11(9)12(14)16-13(2,3)15-10;1-3-6-10-7-5-8-11(14)12(10)13(15)16-9-4-2/h4-5,7-8H,1,6H2,2-3H3;3-5,7-8,13-15H,1-2,6,9H2. The fourth-order valence-electron chi connectivity index (χ4n) is 3.24. The molecule has 0 bridgehead atoms. The zero-order valence-electron chi connectivity index (χ0n) is 18.5. The molecule has 1 aliphatic rings. The number of benzene rings is 2. The molecule has 1 atom stereocenters. The summed E-state index contributed by atoms with van der Waals surface area (Å²) < 4.78 is 15.9. The molecule has 6 heteroatoms. The number of rotatable bonds is 8. The van der Waals surface area contributed by atoms with Crippen LogP contribution >= 0.6 is 0 Å². The van der Waals surface area contributed by atoms with E-state index >= 15 is 0 Å². The fourth-order valence-corrected chi connectivity index (χ4v) is 3.24. The number of cyclic esters (lactones) is 1. The van der Waals surface area contributed by atoms with Crippen molar-refractivity contribution in [2.24, 2.45) is 0 Å². The molecule has 6 nitrogen and oxygen atoms in total. The van der Waals surface area contributed by atoms with E-state index in [1.807, 2.05) is 18.2 Å². The van der Waals surface area contributed by atoms with Gasteiger partial charge in [0, 0.05) is 13.8 Å². The van der Waals surface area contributed by atoms with E-state index in [9.17, 15) is 15.0 Å². The topological polar surface area (TPSA) is 85.2 Å². The third-order valence-corrected chi connectivity index (χ3v) is 4.53. The van der Waals surface area contributed by atoms with Crippen molar-refractivity contribution in [3.8, 4) is 11.5 Å². The highest BCUT2D eigenvalue weighted by atomic mass is 16.7. The third-order valence-electron chi connectivity index (χ3n) is 4.53. The van der Waals surface area contributed by atoms with Gasteiger partial charge in [0.15, 0.2) is 6.29 Å². The third kappa shape index (κ3) is 6.33. The van der Waals surface area contributed by atoms with E-state index in [0.29, 0.717) is 29.7 Å². The molecular weight excluding hydrogens is 408 g/mol. The van der Waals surface area contributed by atoms with Gasteiger partial charge >= 0.3 is 5.97 Å². The van der Waals surface area contributed by atoms with Crippen LogP contribution < -0.4 is 4.74 Å². The number of carbonyl (C=O) groups excluding carboxylic acids is 1. The van der Waals surface area contributed by atoms with Gasteiger partial charge in [-0.05, 0) is 36.1 Å². The molecule has 1 unspecified atom stereocenters. The van der Waals surface area contributed by atoms with Crippen LogP contribution in [0.15, 0.2) is 74.4 Å². The molecular formula is C26H30O6. The van der Waals surface area contributed by atoms with E-state index in [4.69, 9.17) is 14.2 Å². The van der Waals surface area contributed by atoms with Crippen molar-refractivity contribution in [2.75, 3.05) is 6.61 Å². The second kappa shape index (κ2) is 11.3. The van der Waals surface area contributed by atoms with Gasteiger partial charge in [-0.3, -0.25) is 0 Å². The van der Waals surface area contributed by atoms with Crippen LogP contribution in [0.5, 0.6) is 11.5 Å². The minimum atomic E-state index is -1.14. The Morgan fingerprint density at radius 1 is 1.00 bits per heavy atom. The van der Waals surface area contributed by atoms with Gasteiger partial charge < -0.3 is 24.4 Å². The Kier molecular flexibility index (Phi) is 8.81. The minimum Gasteiger partial charge on any atom is -0.507 e. The van der Waals surface area contributed by atoms with Crippen LogP contribution in [-0.4, -0.2) is 28.6 Å². The van der Waals surface area contributed by atoms with E-state index in [-0.39, 0.29) is 18.3 Å². The van der Waals surface area contributed by atoms with Crippen molar-refractivity contribution < 1.29 is 29.2 Å². The lowest BCUT2D eigenvalue weighted by atomic mass is 10.0. The highest BCUT2D eigenvalue weighted by Crippen LogP contribution is 2.33. The SMILES string of the molecule is C=CCOC(O)c1c(O)cccc1CC=C.C=CCc1cccc2c1C(=O)OC(C)(C)O2. The maximum Gasteiger partial charge on any atom is 0.345 e. The molecule has 1 heterocycles. The van der Waals surface area contributed by atoms with Crippen LogP contribution in [0.1, 0.15) is 47.2 Å². The quantitative estimate of drug-likeness (QED) is 0.342. The van der Waals surface area contributed by atoms with Gasteiger partial charge in [-0.2, -0.15) is 0 Å². The maximum absolute atomic E-state index is 11.9. The van der Waals surface area contributed by atoms with Gasteiger partial charge in [0.2, 0.25) is 5.79 Å². The molecule has 2 aromatic rings. The fraction of sp³-hybridized carbons (Fsp3) is 0.269. The number of fused-ring (bicyclic) bond motifs is 1. The highest BCUT2D eigenvalue weighted by molar-refractivity contribution is 5.95. The number of aromatic hydroxyl groups is 1. The lowest BCUT2D eigenvalue weighted by Gasteiger charge is -2.32. The van der Waals surface area contributed by atoms with E-state index < -0.39 is 12.1 Å². The van der Waals surface area contributed by atoms with Crippen LogP contribution in [0.25, 0.3) is 0 Å². The summed E-state index contributed by atoms with van der Waals surface area (Å²) in [6.07, 6.45) is 5.05. The molecule has 0 spiro atoms. The van der Waals surface area contributed by atoms with Crippen molar-refractivity contribution >= 4 is 5.97 Å². The van der Waals surface area contributed by atoms with Crippen molar-refractivity contribution in [3.63, 3.8) is 0 Å². The molecule has 0 saturated heterocycles. The number of aliphatic hydroxyl groups is 1. The number of esters is 1. The number of phenolic OH excluding ortho intramolecular Hbond substituents is 1. The summed E-state index contributed by atoms with van der Waals surface area (Å²) in [6.45, 7) is 14.4. The van der Waals surface area contributed by atoms with E-state index in [0.717, 1.165) is 11.1 Å². The smallest absolute Gasteiger partial charge is 0.345 e. The lowest BCUT2D eigenvalue weighted by Crippen LogP contribution is -2.39. The molecule has 0 aliphatic carbocycles. The molecule has 0 aromatic heterocycles. The van der Waals surface area contributed by atoms with Crippen molar-refractivity contribution in [3.05, 3.63) is 96.6 Å². The lowest BCUT2D eigenvalue weighted by molar-refractivity contribution is -0.127. The summed E-state index contributed by atoms with van der Waals surface area (Å²) in [5, 5.41) is 19.5. The first-order chi connectivity index (χ1) is 15.2. The second-order valence-electron chi connectivity index (χ2n) is 7.49. The maximum atomic E-state index is 11.9. The minimum absolute atomic E-state index is 0.0240. The number of hydrogen-bond donors (Lipinski definition) is 2. The van der Waals surface area contributed by atoms with Crippen LogP contribution in [0.4, 0.5) is 0 Å². The monoisotopic (exact) mass is 438 g/mol. The Labute approximate surface area is 189 Å². The van der Waals surface area contributed by atoms with E-state index in [2.05, 4.69) is 19.7 Å². The predicted molar refractivity (Wildman–Crippen MR) is 124 cm³/mol. The summed E-state index contributed by atoms with van der Waals surface area (Å²) >= 11 is 0. The summed E-state index contributed by atoms with van der Waals surface area (Å²) in [4.78, 5) is 11.9. The zero-order valence-corrected chi connectivity index (χ0v) is 18.5. The molecule has 2 aromatic carbocycles. The average molecular weight is 439 g/mol. The molecule has 32 heavy (non-hydrogen) atoms. The molecule has 2 N–H and O–H groups in total. The van der Waals surface area contributed by atoms with Gasteiger partial charge in [-0.1, -0.05) is 42.5 Å². The van der Waals surface area contributed by atoms with E-state index in [1.54, 1.807) is 38.1 Å². The molecule has 1 aliphatic heterocycles. The number of phenols is 1. The van der Waals surface area contributed by atoms with Crippen LogP contribution in [0.3, 0.4) is 0 Å². The molecule has 3 rings (SSSR count). The van der Waals surface area contributed by atoms with Crippen LogP contribution in [-0.2, 0) is 22.3 Å². The Morgan fingerprint density at radius 2 is 1.62 bits per heavy atom. The second-order valence-corrected chi connectivity index (χ2v) is 7.49. The summed E-state index contributed by atoms with van der Waals surface area (Å²) in [5.41, 5.74) is 2.59. The van der Waals surface area contributed by atoms with Gasteiger partial charge in [-0.25, -0.2) is 4.79 Å². The largest absolute Gasteiger partial charge is 0.507 e. The Hall–Kier alpha value is -3.35. The first-order valence-electron chi connectivity index (χ1n) is 10.2. The summed E-state index contributed by atoms with van der Waals surface area (Å²) in [7, 11) is 0. The Bertz CT molecular complexity index is 976. The highest BCUT2D eigenvalue weighted by Gasteiger charge is 2.34.